The van der Waals surface area contributed by atoms with Gasteiger partial charge >= 0.3 is 0 Å². The molecule has 0 aliphatic rings. The Morgan fingerprint density at radius 1 is 0.340 bits per heavy atom. The molecule has 0 unspecified atom stereocenters. The highest BCUT2D eigenvalue weighted by Gasteiger charge is 2.18. The van der Waals surface area contributed by atoms with Crippen LogP contribution in [0.2, 0.25) is 0 Å². The smallest absolute Gasteiger partial charge is 0.164 e. The number of furan rings is 1. The molecule has 0 bridgehead atoms. The lowest BCUT2D eigenvalue weighted by Crippen LogP contribution is -2.00. The standard InChI is InChI=1S/C48H30N4O/c1-3-10-31(11-4-1)32-20-24-36(25-21-32)47-50-46(35-12-5-2-6-13-35)51-48(52-47)40-16-9-17-44-45(40)41-28-37(26-27-43(41)53-44)33-18-22-34(23-19-33)42-30-49-29-38-14-7-8-15-39(38)42/h1-30H. The van der Waals surface area contributed by atoms with Crippen LogP contribution in [0.25, 0.3) is 100 Å². The Bertz CT molecular complexity index is 2910. The zero-order valence-electron chi connectivity index (χ0n) is 28.5. The molecule has 0 aliphatic carbocycles. The van der Waals surface area contributed by atoms with Crippen molar-refractivity contribution in [1.82, 2.24) is 19.9 Å². The van der Waals surface area contributed by atoms with E-state index in [2.05, 4.69) is 120 Å². The molecule has 0 N–H and O–H groups in total. The van der Waals surface area contributed by atoms with E-state index in [-0.39, 0.29) is 0 Å². The molecule has 0 amide bonds. The van der Waals surface area contributed by atoms with E-state index >= 15 is 0 Å². The molecular weight excluding hydrogens is 649 g/mol. The van der Waals surface area contributed by atoms with Crippen LogP contribution in [0.4, 0.5) is 0 Å². The van der Waals surface area contributed by atoms with Crippen molar-refractivity contribution < 1.29 is 4.42 Å². The van der Waals surface area contributed by atoms with Gasteiger partial charge in [-0.25, -0.2) is 15.0 Å². The van der Waals surface area contributed by atoms with Crippen LogP contribution in [0.5, 0.6) is 0 Å². The highest BCUT2D eigenvalue weighted by molar-refractivity contribution is 6.12. The van der Waals surface area contributed by atoms with Crippen molar-refractivity contribution in [2.24, 2.45) is 0 Å². The van der Waals surface area contributed by atoms with Gasteiger partial charge in [-0.2, -0.15) is 0 Å². The number of benzene rings is 7. The van der Waals surface area contributed by atoms with E-state index in [0.29, 0.717) is 17.5 Å². The first-order valence-corrected chi connectivity index (χ1v) is 17.6. The molecule has 7 aromatic carbocycles. The van der Waals surface area contributed by atoms with Crippen molar-refractivity contribution in [1.29, 1.82) is 0 Å². The number of pyridine rings is 1. The highest BCUT2D eigenvalue weighted by Crippen LogP contribution is 2.39. The van der Waals surface area contributed by atoms with Crippen LogP contribution in [-0.4, -0.2) is 19.9 Å². The van der Waals surface area contributed by atoms with E-state index in [1.54, 1.807) is 0 Å². The van der Waals surface area contributed by atoms with Crippen LogP contribution >= 0.6 is 0 Å². The van der Waals surface area contributed by atoms with Crippen LogP contribution in [-0.2, 0) is 0 Å². The van der Waals surface area contributed by atoms with Gasteiger partial charge in [0.1, 0.15) is 11.2 Å². The summed E-state index contributed by atoms with van der Waals surface area (Å²) in [6.45, 7) is 0. The third-order valence-corrected chi connectivity index (χ3v) is 9.85. The van der Waals surface area contributed by atoms with Gasteiger partial charge in [-0.15, -0.1) is 0 Å². The molecule has 248 valence electrons. The Labute approximate surface area is 305 Å². The summed E-state index contributed by atoms with van der Waals surface area (Å²) in [4.78, 5) is 19.7. The van der Waals surface area contributed by atoms with E-state index in [9.17, 15) is 0 Å². The summed E-state index contributed by atoms with van der Waals surface area (Å²) >= 11 is 0. The number of fused-ring (bicyclic) bond motifs is 4. The summed E-state index contributed by atoms with van der Waals surface area (Å²) in [6.07, 6.45) is 3.85. The molecule has 53 heavy (non-hydrogen) atoms. The average molecular weight is 679 g/mol. The van der Waals surface area contributed by atoms with Gasteiger partial charge in [0.2, 0.25) is 0 Å². The Hall–Kier alpha value is -7.24. The summed E-state index contributed by atoms with van der Waals surface area (Å²) in [6, 6.07) is 58.4. The van der Waals surface area contributed by atoms with Gasteiger partial charge in [0.05, 0.1) is 0 Å². The van der Waals surface area contributed by atoms with Gasteiger partial charge in [-0.1, -0.05) is 152 Å². The number of nitrogens with zero attached hydrogens (tertiary/aromatic N) is 4. The molecule has 0 atom stereocenters. The number of rotatable bonds is 6. The fraction of sp³-hybridized carbons (Fsp3) is 0. The van der Waals surface area contributed by atoms with E-state index < -0.39 is 0 Å². The van der Waals surface area contributed by atoms with Gasteiger partial charge < -0.3 is 4.42 Å². The Morgan fingerprint density at radius 3 is 1.66 bits per heavy atom. The maximum Gasteiger partial charge on any atom is 0.164 e. The summed E-state index contributed by atoms with van der Waals surface area (Å²) < 4.78 is 6.43. The number of aromatic nitrogens is 4. The van der Waals surface area contributed by atoms with Crippen LogP contribution in [0, 0.1) is 0 Å². The molecule has 5 nitrogen and oxygen atoms in total. The lowest BCUT2D eigenvalue weighted by atomic mass is 9.97. The van der Waals surface area contributed by atoms with Gasteiger partial charge in [0.25, 0.3) is 0 Å². The lowest BCUT2D eigenvalue weighted by molar-refractivity contribution is 0.669. The average Bonchev–Trinajstić information content (AvgIpc) is 3.62. The largest absolute Gasteiger partial charge is 0.456 e. The van der Waals surface area contributed by atoms with Crippen LogP contribution in [0.15, 0.2) is 187 Å². The molecule has 0 radical (unpaired) electrons. The van der Waals surface area contributed by atoms with E-state index in [4.69, 9.17) is 19.4 Å². The van der Waals surface area contributed by atoms with Gasteiger partial charge in [-0.3, -0.25) is 4.98 Å². The topological polar surface area (TPSA) is 64.7 Å². The zero-order valence-corrected chi connectivity index (χ0v) is 28.5. The summed E-state index contributed by atoms with van der Waals surface area (Å²) in [5.41, 5.74) is 11.1. The Kier molecular flexibility index (Phi) is 7.40. The SMILES string of the molecule is c1ccc(-c2ccc(-c3nc(-c4ccccc4)nc(-c4cccc5oc6ccc(-c7ccc(-c8cncc9ccccc89)cc7)cc6c45)n3)cc2)cc1. The van der Waals surface area contributed by atoms with Gasteiger partial charge in [0.15, 0.2) is 17.5 Å². The van der Waals surface area contributed by atoms with Crippen LogP contribution in [0.1, 0.15) is 0 Å². The number of hydrogen-bond donors (Lipinski definition) is 0. The third-order valence-electron chi connectivity index (χ3n) is 9.85. The molecule has 0 spiro atoms. The monoisotopic (exact) mass is 678 g/mol. The molecule has 0 fully saturated rings. The van der Waals surface area contributed by atoms with Crippen molar-refractivity contribution in [3.63, 3.8) is 0 Å². The molecule has 3 aromatic heterocycles. The second-order valence-corrected chi connectivity index (χ2v) is 13.1. The Morgan fingerprint density at radius 2 is 0.906 bits per heavy atom. The second-order valence-electron chi connectivity index (χ2n) is 13.1. The van der Waals surface area contributed by atoms with Crippen molar-refractivity contribution in [3.8, 4) is 67.5 Å². The van der Waals surface area contributed by atoms with Crippen molar-refractivity contribution in [2.45, 2.75) is 0 Å². The summed E-state index contributed by atoms with van der Waals surface area (Å²) in [5.74, 6) is 1.82. The molecule has 0 aliphatic heterocycles. The molecule has 0 saturated heterocycles. The lowest BCUT2D eigenvalue weighted by Gasteiger charge is -2.10. The molecule has 3 heterocycles. The van der Waals surface area contributed by atoms with Crippen molar-refractivity contribution in [3.05, 3.63) is 182 Å². The molecule has 10 aromatic rings. The first-order valence-electron chi connectivity index (χ1n) is 17.6. The maximum absolute atomic E-state index is 6.43. The zero-order chi connectivity index (χ0) is 35.1. The van der Waals surface area contributed by atoms with Crippen LogP contribution in [0.3, 0.4) is 0 Å². The quantitative estimate of drug-likeness (QED) is 0.175. The predicted molar refractivity (Wildman–Crippen MR) is 215 cm³/mol. The molecule has 5 heteroatoms. The first-order chi connectivity index (χ1) is 26.2. The normalized spacial score (nSPS) is 11.4. The van der Waals surface area contributed by atoms with Crippen LogP contribution < -0.4 is 0 Å². The van der Waals surface area contributed by atoms with E-state index in [0.717, 1.165) is 77.4 Å². The first kappa shape index (κ1) is 30.6. The molecular formula is C48H30N4O. The van der Waals surface area contributed by atoms with Gasteiger partial charge in [0, 0.05) is 50.8 Å². The summed E-state index contributed by atoms with van der Waals surface area (Å²) in [5, 5.41) is 4.30. The predicted octanol–water partition coefficient (Wildman–Crippen LogP) is 12.3. The minimum Gasteiger partial charge on any atom is -0.456 e. The highest BCUT2D eigenvalue weighted by atomic mass is 16.3. The third kappa shape index (κ3) is 5.61. The van der Waals surface area contributed by atoms with E-state index in [1.807, 2.05) is 67.0 Å². The van der Waals surface area contributed by atoms with Crippen molar-refractivity contribution >= 4 is 32.7 Å². The maximum atomic E-state index is 6.43. The minimum atomic E-state index is 0.591. The Balaban J connectivity index is 1.08. The minimum absolute atomic E-state index is 0.591. The molecule has 0 saturated carbocycles. The van der Waals surface area contributed by atoms with Crippen molar-refractivity contribution in [2.75, 3.05) is 0 Å². The number of hydrogen-bond acceptors (Lipinski definition) is 5. The fourth-order valence-electron chi connectivity index (χ4n) is 7.17. The van der Waals surface area contributed by atoms with Gasteiger partial charge in [-0.05, 0) is 51.4 Å². The molecule has 10 rings (SSSR count). The fourth-order valence-corrected chi connectivity index (χ4v) is 7.17. The van der Waals surface area contributed by atoms with E-state index in [1.165, 1.54) is 5.39 Å². The summed E-state index contributed by atoms with van der Waals surface area (Å²) in [7, 11) is 0. The second kappa shape index (κ2) is 12.8.